The van der Waals surface area contributed by atoms with Crippen LogP contribution in [0, 0.1) is 0 Å². The van der Waals surface area contributed by atoms with E-state index >= 15 is 0 Å². The quantitative estimate of drug-likeness (QED) is 0.717. The van der Waals surface area contributed by atoms with Crippen LogP contribution in [0.2, 0.25) is 0 Å². The van der Waals surface area contributed by atoms with E-state index in [9.17, 15) is 9.59 Å². The van der Waals surface area contributed by atoms with Crippen LogP contribution < -0.4 is 9.64 Å². The maximum atomic E-state index is 13.3. The molecule has 142 valence electrons. The molecule has 0 aliphatic carbocycles. The largest absolute Gasteiger partial charge is 0.490 e. The zero-order valence-corrected chi connectivity index (χ0v) is 15.8. The lowest BCUT2D eigenvalue weighted by Gasteiger charge is -2.17. The molecular weight excluding hydrogens is 354 g/mol. The zero-order chi connectivity index (χ0) is 19.8. The Morgan fingerprint density at radius 1 is 1.14 bits per heavy atom. The molecule has 0 spiro atoms. The van der Waals surface area contributed by atoms with E-state index in [1.807, 2.05) is 38.1 Å². The molecule has 1 heterocycles. The van der Waals surface area contributed by atoms with Crippen LogP contribution in [0.5, 0.6) is 5.75 Å². The van der Waals surface area contributed by atoms with Gasteiger partial charge in [-0.2, -0.15) is 0 Å². The van der Waals surface area contributed by atoms with E-state index in [0.29, 0.717) is 23.4 Å². The highest BCUT2D eigenvalue weighted by atomic mass is 16.5. The van der Waals surface area contributed by atoms with Gasteiger partial charge in [-0.15, -0.1) is 0 Å². The molecule has 0 fully saturated rings. The third-order valence-electron chi connectivity index (χ3n) is 4.83. The molecule has 0 aromatic heterocycles. The van der Waals surface area contributed by atoms with Crippen LogP contribution in [0.25, 0.3) is 10.8 Å². The maximum absolute atomic E-state index is 13.3. The van der Waals surface area contributed by atoms with Crippen LogP contribution in [0.3, 0.4) is 0 Å². The van der Waals surface area contributed by atoms with Gasteiger partial charge in [0.15, 0.2) is 0 Å². The second kappa shape index (κ2) is 7.00. The van der Waals surface area contributed by atoms with Crippen molar-refractivity contribution in [2.45, 2.75) is 32.9 Å². The number of fused-ring (bicyclic) bond motifs is 2. The minimum atomic E-state index is -0.875. The van der Waals surface area contributed by atoms with E-state index in [4.69, 9.17) is 9.84 Å². The van der Waals surface area contributed by atoms with Gasteiger partial charge in [-0.25, -0.2) is 0 Å². The number of ether oxygens (including phenoxy) is 1. The second-order valence-electron chi connectivity index (χ2n) is 7.26. The molecule has 0 saturated heterocycles. The van der Waals surface area contributed by atoms with Gasteiger partial charge in [0.1, 0.15) is 5.75 Å². The molecule has 3 aromatic rings. The molecule has 0 saturated carbocycles. The number of amides is 1. The highest BCUT2D eigenvalue weighted by Gasteiger charge is 2.33. The molecule has 1 N–H and O–H groups in total. The molecule has 5 nitrogen and oxygen atoms in total. The van der Waals surface area contributed by atoms with Crippen molar-refractivity contribution in [3.63, 3.8) is 0 Å². The molecule has 0 unspecified atom stereocenters. The summed E-state index contributed by atoms with van der Waals surface area (Å²) in [5.74, 6) is -0.333. The summed E-state index contributed by atoms with van der Waals surface area (Å²) in [6, 6.07) is 17.1. The first-order valence-electron chi connectivity index (χ1n) is 9.28. The van der Waals surface area contributed by atoms with Gasteiger partial charge in [0, 0.05) is 11.1 Å². The van der Waals surface area contributed by atoms with Gasteiger partial charge >= 0.3 is 5.97 Å². The first-order chi connectivity index (χ1) is 13.4. The monoisotopic (exact) mass is 375 g/mol. The van der Waals surface area contributed by atoms with Crippen molar-refractivity contribution in [3.05, 3.63) is 71.3 Å². The molecule has 1 aliphatic rings. The van der Waals surface area contributed by atoms with Crippen molar-refractivity contribution in [2.24, 2.45) is 0 Å². The fourth-order valence-electron chi connectivity index (χ4n) is 3.64. The lowest BCUT2D eigenvalue weighted by Crippen LogP contribution is -2.23. The zero-order valence-electron chi connectivity index (χ0n) is 15.8. The summed E-state index contributed by atoms with van der Waals surface area (Å²) >= 11 is 0. The Kier molecular flexibility index (Phi) is 4.51. The number of hydrogen-bond acceptors (Lipinski definition) is 3. The van der Waals surface area contributed by atoms with E-state index < -0.39 is 5.97 Å². The highest BCUT2D eigenvalue weighted by Crippen LogP contribution is 2.40. The second-order valence-corrected chi connectivity index (χ2v) is 7.26. The van der Waals surface area contributed by atoms with E-state index in [-0.39, 0.29) is 18.4 Å². The Hall–Kier alpha value is -3.34. The SMILES string of the molecule is CC(C)Oc1c2c(cc3ccccc13)CN(c1ccc(CC(=O)O)cc1)C2=O. The van der Waals surface area contributed by atoms with Gasteiger partial charge < -0.3 is 14.7 Å². The number of rotatable bonds is 5. The minimum Gasteiger partial charge on any atom is -0.490 e. The van der Waals surface area contributed by atoms with E-state index in [1.165, 1.54) is 0 Å². The summed E-state index contributed by atoms with van der Waals surface area (Å²) in [6.07, 6.45) is -0.0845. The molecule has 3 aromatic carbocycles. The van der Waals surface area contributed by atoms with Crippen LogP contribution in [0.4, 0.5) is 5.69 Å². The average molecular weight is 375 g/mol. The number of benzene rings is 3. The summed E-state index contributed by atoms with van der Waals surface area (Å²) in [4.78, 5) is 25.8. The molecule has 0 bridgehead atoms. The summed E-state index contributed by atoms with van der Waals surface area (Å²) in [5, 5.41) is 10.9. The standard InChI is InChI=1S/C23H21NO4/c1-14(2)28-22-19-6-4-3-5-16(19)12-17-13-24(23(27)21(17)22)18-9-7-15(8-10-18)11-20(25)26/h3-10,12,14H,11,13H2,1-2H3,(H,25,26). The van der Waals surface area contributed by atoms with Crippen LogP contribution in [-0.2, 0) is 17.8 Å². The Bertz CT molecular complexity index is 1070. The van der Waals surface area contributed by atoms with Crippen molar-refractivity contribution < 1.29 is 19.4 Å². The highest BCUT2D eigenvalue weighted by molar-refractivity contribution is 6.15. The van der Waals surface area contributed by atoms with Crippen LogP contribution in [0.1, 0.15) is 35.3 Å². The van der Waals surface area contributed by atoms with Gasteiger partial charge in [0.25, 0.3) is 5.91 Å². The van der Waals surface area contributed by atoms with E-state index in [1.54, 1.807) is 29.2 Å². The number of carbonyl (C=O) groups is 2. The topological polar surface area (TPSA) is 66.8 Å². The van der Waals surface area contributed by atoms with Crippen LogP contribution in [0.15, 0.2) is 54.6 Å². The van der Waals surface area contributed by atoms with E-state index in [0.717, 1.165) is 22.0 Å². The van der Waals surface area contributed by atoms with Gasteiger partial charge in [-0.1, -0.05) is 36.4 Å². The number of carboxylic acids is 1. The lowest BCUT2D eigenvalue weighted by atomic mass is 10.0. The average Bonchev–Trinajstić information content (AvgIpc) is 2.98. The Morgan fingerprint density at radius 3 is 2.54 bits per heavy atom. The van der Waals surface area contributed by atoms with Crippen molar-refractivity contribution in [2.75, 3.05) is 4.90 Å². The number of aliphatic carboxylic acids is 1. The molecule has 0 atom stereocenters. The molecule has 1 aliphatic heterocycles. The number of carboxylic acid groups (broad SMARTS) is 1. The number of carbonyl (C=O) groups excluding carboxylic acids is 1. The fourth-order valence-corrected chi connectivity index (χ4v) is 3.64. The van der Waals surface area contributed by atoms with Gasteiger partial charge in [0.2, 0.25) is 0 Å². The van der Waals surface area contributed by atoms with Gasteiger partial charge in [-0.05, 0) is 48.6 Å². The predicted molar refractivity (Wildman–Crippen MR) is 108 cm³/mol. The Morgan fingerprint density at radius 2 is 1.86 bits per heavy atom. The van der Waals surface area contributed by atoms with Crippen molar-refractivity contribution in [1.82, 2.24) is 0 Å². The van der Waals surface area contributed by atoms with Crippen molar-refractivity contribution in [1.29, 1.82) is 0 Å². The molecular formula is C23H21NO4. The molecule has 0 radical (unpaired) electrons. The summed E-state index contributed by atoms with van der Waals surface area (Å²) in [6.45, 7) is 4.37. The first-order valence-corrected chi connectivity index (χ1v) is 9.28. The maximum Gasteiger partial charge on any atom is 0.307 e. The molecule has 5 heteroatoms. The summed E-state index contributed by atoms with van der Waals surface area (Å²) in [5.41, 5.74) is 3.00. The summed E-state index contributed by atoms with van der Waals surface area (Å²) < 4.78 is 6.08. The first kappa shape index (κ1) is 18.0. The lowest BCUT2D eigenvalue weighted by molar-refractivity contribution is -0.136. The Labute approximate surface area is 163 Å². The van der Waals surface area contributed by atoms with E-state index in [2.05, 4.69) is 6.07 Å². The van der Waals surface area contributed by atoms with Crippen LogP contribution in [-0.4, -0.2) is 23.1 Å². The van der Waals surface area contributed by atoms with Crippen LogP contribution >= 0.6 is 0 Å². The number of anilines is 1. The number of hydrogen-bond donors (Lipinski definition) is 1. The predicted octanol–water partition coefficient (Wildman–Crippen LogP) is 4.41. The summed E-state index contributed by atoms with van der Waals surface area (Å²) in [7, 11) is 0. The van der Waals surface area contributed by atoms with Gasteiger partial charge in [-0.3, -0.25) is 9.59 Å². The molecule has 1 amide bonds. The van der Waals surface area contributed by atoms with Crippen molar-refractivity contribution >= 4 is 28.3 Å². The number of nitrogens with zero attached hydrogens (tertiary/aromatic N) is 1. The normalized spacial score (nSPS) is 13.2. The van der Waals surface area contributed by atoms with Crippen molar-refractivity contribution in [3.8, 4) is 5.75 Å². The third kappa shape index (κ3) is 3.20. The minimum absolute atomic E-state index is 0.0355. The Balaban J connectivity index is 1.75. The fraction of sp³-hybridized carbons (Fsp3) is 0.217. The smallest absolute Gasteiger partial charge is 0.307 e. The molecule has 28 heavy (non-hydrogen) atoms. The third-order valence-corrected chi connectivity index (χ3v) is 4.83. The van der Waals surface area contributed by atoms with Gasteiger partial charge in [0.05, 0.1) is 24.6 Å². The molecule has 4 rings (SSSR count).